The van der Waals surface area contributed by atoms with Crippen molar-refractivity contribution in [3.8, 4) is 0 Å². The first-order valence-electron chi connectivity index (χ1n) is 4.96. The van der Waals surface area contributed by atoms with Gasteiger partial charge < -0.3 is 10.4 Å². The van der Waals surface area contributed by atoms with Crippen LogP contribution >= 0.6 is 11.5 Å². The fourth-order valence-corrected chi connectivity index (χ4v) is 2.35. The highest BCUT2D eigenvalue weighted by Crippen LogP contribution is 2.28. The van der Waals surface area contributed by atoms with Crippen LogP contribution in [0.4, 0.5) is 10.7 Å². The second kappa shape index (κ2) is 4.17. The minimum Gasteiger partial charge on any atom is -0.478 e. The summed E-state index contributed by atoms with van der Waals surface area (Å²) in [5.74, 6) is -0.972. The van der Waals surface area contributed by atoms with Crippen molar-refractivity contribution in [3.05, 3.63) is 23.1 Å². The van der Waals surface area contributed by atoms with Gasteiger partial charge >= 0.3 is 5.97 Å². The molecule has 0 aliphatic heterocycles. The predicted molar refractivity (Wildman–Crippen MR) is 65.0 cm³/mol. The monoisotopic (exact) mass is 252 g/mol. The molecule has 0 aromatic carbocycles. The molecule has 0 atom stereocenters. The highest BCUT2D eigenvalue weighted by atomic mass is 32.1. The van der Waals surface area contributed by atoms with Crippen LogP contribution in [-0.2, 0) is 7.05 Å². The van der Waals surface area contributed by atoms with Crippen molar-refractivity contribution in [1.82, 2.24) is 14.2 Å². The lowest BCUT2D eigenvalue weighted by atomic mass is 10.2. The topological polar surface area (TPSA) is 80.0 Å². The molecule has 2 N–H and O–H groups in total. The number of aryl methyl sites for hydroxylation is 3. The molecule has 2 heterocycles. The van der Waals surface area contributed by atoms with Gasteiger partial charge in [-0.25, -0.2) is 4.79 Å². The lowest BCUT2D eigenvalue weighted by molar-refractivity contribution is 0.0697. The first-order valence-corrected chi connectivity index (χ1v) is 5.73. The molecular weight excluding hydrogens is 240 g/mol. The number of carboxylic acids is 1. The average Bonchev–Trinajstić information content (AvgIpc) is 2.71. The lowest BCUT2D eigenvalue weighted by Gasteiger charge is -2.02. The van der Waals surface area contributed by atoms with Crippen LogP contribution in [0.3, 0.4) is 0 Å². The number of aromatic carboxylic acids is 1. The molecule has 0 unspecified atom stereocenters. The number of hydrogen-bond donors (Lipinski definition) is 2. The Labute approximate surface area is 102 Å². The maximum atomic E-state index is 11.1. The van der Waals surface area contributed by atoms with Gasteiger partial charge in [0.1, 0.15) is 10.6 Å². The Balaban J connectivity index is 2.36. The van der Waals surface area contributed by atoms with Crippen molar-refractivity contribution in [2.45, 2.75) is 13.8 Å². The maximum Gasteiger partial charge on any atom is 0.340 e. The summed E-state index contributed by atoms with van der Waals surface area (Å²) in [5, 5.41) is 16.9. The molecule has 0 aliphatic carbocycles. The van der Waals surface area contributed by atoms with Gasteiger partial charge in [-0.3, -0.25) is 4.68 Å². The molecule has 0 amide bonds. The predicted octanol–water partition coefficient (Wildman–Crippen LogP) is 1.94. The standard InChI is InChI=1S/C10H12N4O2S/c1-5-7(4-14(3)12-5)11-9-8(10(15)16)6(2)13-17-9/h4,11H,1-3H3,(H,15,16). The highest BCUT2D eigenvalue weighted by molar-refractivity contribution is 7.10. The Morgan fingerprint density at radius 2 is 2.18 bits per heavy atom. The molecule has 2 aromatic rings. The number of carboxylic acid groups (broad SMARTS) is 1. The fraction of sp³-hybridized carbons (Fsp3) is 0.300. The number of anilines is 2. The van der Waals surface area contributed by atoms with E-state index >= 15 is 0 Å². The van der Waals surface area contributed by atoms with Gasteiger partial charge in [0.25, 0.3) is 0 Å². The number of hydrogen-bond acceptors (Lipinski definition) is 5. The SMILES string of the molecule is Cc1nn(C)cc1Nc1snc(C)c1C(=O)O. The smallest absolute Gasteiger partial charge is 0.340 e. The zero-order valence-corrected chi connectivity index (χ0v) is 10.5. The van der Waals surface area contributed by atoms with Crippen molar-refractivity contribution in [2.75, 3.05) is 5.32 Å². The molecule has 2 rings (SSSR count). The van der Waals surface area contributed by atoms with Crippen LogP contribution in [0, 0.1) is 13.8 Å². The molecule has 0 saturated carbocycles. The molecule has 90 valence electrons. The van der Waals surface area contributed by atoms with Crippen molar-refractivity contribution in [3.63, 3.8) is 0 Å². The van der Waals surface area contributed by atoms with Gasteiger partial charge in [0.05, 0.1) is 17.1 Å². The summed E-state index contributed by atoms with van der Waals surface area (Å²) in [6, 6.07) is 0. The molecule has 0 spiro atoms. The van der Waals surface area contributed by atoms with Gasteiger partial charge in [-0.15, -0.1) is 0 Å². The molecule has 2 aromatic heterocycles. The van der Waals surface area contributed by atoms with E-state index in [-0.39, 0.29) is 5.56 Å². The molecule has 0 fully saturated rings. The van der Waals surface area contributed by atoms with Gasteiger partial charge in [0.2, 0.25) is 0 Å². The summed E-state index contributed by atoms with van der Waals surface area (Å²) in [4.78, 5) is 11.1. The van der Waals surface area contributed by atoms with Crippen LogP contribution in [-0.4, -0.2) is 25.2 Å². The summed E-state index contributed by atoms with van der Waals surface area (Å²) in [7, 11) is 1.81. The van der Waals surface area contributed by atoms with E-state index in [4.69, 9.17) is 5.11 Å². The first kappa shape index (κ1) is 11.6. The Morgan fingerprint density at radius 1 is 1.47 bits per heavy atom. The summed E-state index contributed by atoms with van der Waals surface area (Å²) < 4.78 is 5.71. The van der Waals surface area contributed by atoms with Crippen molar-refractivity contribution >= 4 is 28.2 Å². The molecule has 0 saturated heterocycles. The number of aromatic nitrogens is 3. The first-order chi connectivity index (χ1) is 7.99. The normalized spacial score (nSPS) is 10.5. The number of carbonyl (C=O) groups is 1. The summed E-state index contributed by atoms with van der Waals surface area (Å²) in [6.45, 7) is 3.54. The third-order valence-electron chi connectivity index (χ3n) is 2.34. The second-order valence-electron chi connectivity index (χ2n) is 3.70. The van der Waals surface area contributed by atoms with Crippen molar-refractivity contribution in [1.29, 1.82) is 0 Å². The van der Waals surface area contributed by atoms with Crippen LogP contribution in [0.5, 0.6) is 0 Å². The minimum absolute atomic E-state index is 0.221. The van der Waals surface area contributed by atoms with Crippen LogP contribution in [0.2, 0.25) is 0 Å². The Bertz CT molecular complexity index is 573. The van der Waals surface area contributed by atoms with E-state index in [1.807, 2.05) is 14.0 Å². The molecule has 17 heavy (non-hydrogen) atoms. The quantitative estimate of drug-likeness (QED) is 0.872. The summed E-state index contributed by atoms with van der Waals surface area (Å²) in [5.41, 5.74) is 2.35. The van der Waals surface area contributed by atoms with Gasteiger partial charge in [-0.05, 0) is 25.4 Å². The molecule has 0 bridgehead atoms. The third kappa shape index (κ3) is 2.14. The van der Waals surface area contributed by atoms with Crippen molar-refractivity contribution < 1.29 is 9.90 Å². The summed E-state index contributed by atoms with van der Waals surface area (Å²) in [6.07, 6.45) is 1.80. The number of nitrogens with one attached hydrogen (secondary N) is 1. The van der Waals surface area contributed by atoms with Crippen LogP contribution in [0.15, 0.2) is 6.20 Å². The lowest BCUT2D eigenvalue weighted by Crippen LogP contribution is -2.01. The maximum absolute atomic E-state index is 11.1. The van der Waals surface area contributed by atoms with E-state index in [0.717, 1.165) is 22.9 Å². The van der Waals surface area contributed by atoms with E-state index in [2.05, 4.69) is 14.8 Å². The minimum atomic E-state index is -0.972. The molecular formula is C10H12N4O2S. The average molecular weight is 252 g/mol. The highest BCUT2D eigenvalue weighted by Gasteiger charge is 2.18. The Kier molecular flexibility index (Phi) is 2.84. The van der Waals surface area contributed by atoms with Crippen LogP contribution in [0.1, 0.15) is 21.7 Å². The van der Waals surface area contributed by atoms with Gasteiger partial charge in [0, 0.05) is 13.2 Å². The Morgan fingerprint density at radius 3 is 2.71 bits per heavy atom. The van der Waals surface area contributed by atoms with E-state index in [0.29, 0.717) is 10.7 Å². The molecule has 0 aliphatic rings. The second-order valence-corrected chi connectivity index (χ2v) is 4.48. The largest absolute Gasteiger partial charge is 0.478 e. The third-order valence-corrected chi connectivity index (χ3v) is 3.19. The van der Waals surface area contributed by atoms with E-state index in [9.17, 15) is 4.79 Å². The van der Waals surface area contributed by atoms with E-state index < -0.39 is 5.97 Å². The zero-order valence-electron chi connectivity index (χ0n) is 9.68. The molecule has 0 radical (unpaired) electrons. The van der Waals surface area contributed by atoms with Gasteiger partial charge in [-0.1, -0.05) is 0 Å². The van der Waals surface area contributed by atoms with Gasteiger partial charge in [0.15, 0.2) is 0 Å². The van der Waals surface area contributed by atoms with Gasteiger partial charge in [-0.2, -0.15) is 9.47 Å². The molecule has 7 heteroatoms. The molecule has 6 nitrogen and oxygen atoms in total. The number of nitrogens with zero attached hydrogens (tertiary/aromatic N) is 3. The van der Waals surface area contributed by atoms with Crippen LogP contribution in [0.25, 0.3) is 0 Å². The van der Waals surface area contributed by atoms with Crippen LogP contribution < -0.4 is 5.32 Å². The van der Waals surface area contributed by atoms with E-state index in [1.165, 1.54) is 0 Å². The fourth-order valence-electron chi connectivity index (χ4n) is 1.55. The number of rotatable bonds is 3. The van der Waals surface area contributed by atoms with Crippen molar-refractivity contribution in [2.24, 2.45) is 7.05 Å². The van der Waals surface area contributed by atoms with E-state index in [1.54, 1.807) is 17.8 Å². The Hall–Kier alpha value is -1.89. The zero-order chi connectivity index (χ0) is 12.6. The summed E-state index contributed by atoms with van der Waals surface area (Å²) >= 11 is 1.14.